The minimum absolute atomic E-state index is 0.235. The molecule has 0 saturated carbocycles. The third-order valence-corrected chi connectivity index (χ3v) is 4.69. The summed E-state index contributed by atoms with van der Waals surface area (Å²) in [7, 11) is 1.61. The molecule has 0 radical (unpaired) electrons. The van der Waals surface area contributed by atoms with Gasteiger partial charge in [0.05, 0.1) is 12.8 Å². The van der Waals surface area contributed by atoms with Gasteiger partial charge >= 0.3 is 0 Å². The first kappa shape index (κ1) is 18.0. The molecule has 0 bridgehead atoms. The van der Waals surface area contributed by atoms with Crippen LogP contribution in [0.3, 0.4) is 0 Å². The molecule has 0 aliphatic heterocycles. The van der Waals surface area contributed by atoms with Crippen molar-refractivity contribution >= 4 is 17.2 Å². The molecule has 1 aromatic heterocycles. The van der Waals surface area contributed by atoms with Crippen molar-refractivity contribution in [2.24, 2.45) is 0 Å². The van der Waals surface area contributed by atoms with Crippen LogP contribution in [-0.4, -0.2) is 24.5 Å². The number of hydrogen-bond donors (Lipinski definition) is 1. The fraction of sp³-hybridized carbons (Fsp3) is 0.158. The number of carbonyl (C=O) groups is 1. The summed E-state index contributed by atoms with van der Waals surface area (Å²) in [5.74, 6) is -1.75. The first-order chi connectivity index (χ1) is 12.6. The quantitative estimate of drug-likeness (QED) is 0.708. The highest BCUT2D eigenvalue weighted by atomic mass is 32.1. The molecule has 2 aromatic carbocycles. The Bertz CT molecular complexity index is 890. The number of rotatable bonds is 6. The third kappa shape index (κ3) is 4.05. The Kier molecular flexibility index (Phi) is 5.58. The number of methoxy groups -OCH3 is 1. The maximum Gasteiger partial charge on any atom is 0.257 e. The predicted molar refractivity (Wildman–Crippen MR) is 96.5 cm³/mol. The molecule has 3 aromatic rings. The highest BCUT2D eigenvalue weighted by Gasteiger charge is 2.16. The van der Waals surface area contributed by atoms with E-state index in [0.29, 0.717) is 6.42 Å². The monoisotopic (exact) mass is 374 g/mol. The van der Waals surface area contributed by atoms with Crippen LogP contribution in [-0.2, 0) is 6.42 Å². The Hall–Kier alpha value is -2.80. The maximum absolute atomic E-state index is 13.6. The molecule has 0 aliphatic carbocycles. The Morgan fingerprint density at radius 2 is 1.85 bits per heavy atom. The van der Waals surface area contributed by atoms with Gasteiger partial charge in [-0.15, -0.1) is 11.3 Å². The fourth-order valence-electron chi connectivity index (χ4n) is 2.40. The lowest BCUT2D eigenvalue weighted by Crippen LogP contribution is -2.27. The third-order valence-electron chi connectivity index (χ3n) is 3.75. The number of benzene rings is 2. The highest BCUT2D eigenvalue weighted by molar-refractivity contribution is 7.13. The van der Waals surface area contributed by atoms with Crippen LogP contribution in [0.25, 0.3) is 10.6 Å². The Balaban J connectivity index is 1.59. The van der Waals surface area contributed by atoms with Crippen LogP contribution in [0.15, 0.2) is 47.8 Å². The second-order valence-corrected chi connectivity index (χ2v) is 6.33. The number of amides is 1. The van der Waals surface area contributed by atoms with Crippen molar-refractivity contribution in [1.82, 2.24) is 10.3 Å². The van der Waals surface area contributed by atoms with E-state index in [1.807, 2.05) is 29.6 Å². The van der Waals surface area contributed by atoms with Crippen LogP contribution in [0.2, 0.25) is 0 Å². The largest absolute Gasteiger partial charge is 0.497 e. The predicted octanol–water partition coefficient (Wildman–Crippen LogP) is 4.07. The smallest absolute Gasteiger partial charge is 0.257 e. The van der Waals surface area contributed by atoms with Crippen LogP contribution < -0.4 is 10.1 Å². The highest BCUT2D eigenvalue weighted by Crippen LogP contribution is 2.25. The number of hydrogen-bond acceptors (Lipinski definition) is 4. The van der Waals surface area contributed by atoms with E-state index in [1.54, 1.807) is 7.11 Å². The van der Waals surface area contributed by atoms with Gasteiger partial charge in [-0.3, -0.25) is 4.79 Å². The van der Waals surface area contributed by atoms with Gasteiger partial charge in [-0.2, -0.15) is 0 Å². The topological polar surface area (TPSA) is 51.2 Å². The van der Waals surface area contributed by atoms with Gasteiger partial charge in [0.1, 0.15) is 28.0 Å². The molecular formula is C19H16F2N2O2S. The molecule has 0 aliphatic rings. The molecule has 7 heteroatoms. The zero-order valence-electron chi connectivity index (χ0n) is 14.0. The average molecular weight is 374 g/mol. The number of nitrogens with one attached hydrogen (secondary N) is 1. The molecule has 1 N–H and O–H groups in total. The first-order valence-corrected chi connectivity index (χ1v) is 8.77. The van der Waals surface area contributed by atoms with Crippen molar-refractivity contribution in [2.45, 2.75) is 6.42 Å². The summed E-state index contributed by atoms with van der Waals surface area (Å²) >= 11 is 1.49. The lowest BCUT2D eigenvalue weighted by molar-refractivity contribution is 0.0945. The second kappa shape index (κ2) is 8.05. The number of halogens is 2. The number of carbonyl (C=O) groups excluding carboxylic acids is 1. The number of ether oxygens (including phenoxy) is 1. The molecule has 134 valence electrons. The van der Waals surface area contributed by atoms with Crippen molar-refractivity contribution in [1.29, 1.82) is 0 Å². The molecule has 26 heavy (non-hydrogen) atoms. The molecule has 0 unspecified atom stereocenters. The van der Waals surface area contributed by atoms with Gasteiger partial charge < -0.3 is 10.1 Å². The lowest BCUT2D eigenvalue weighted by atomic mass is 10.2. The van der Waals surface area contributed by atoms with Crippen LogP contribution in [0, 0.1) is 11.6 Å². The average Bonchev–Trinajstić information content (AvgIpc) is 3.10. The molecule has 0 spiro atoms. The van der Waals surface area contributed by atoms with Crippen LogP contribution >= 0.6 is 11.3 Å². The SMILES string of the molecule is COc1ccc(-c2nc(CCNC(=O)c3c(F)cccc3F)cs2)cc1. The van der Waals surface area contributed by atoms with Gasteiger partial charge in [0.25, 0.3) is 5.91 Å². The van der Waals surface area contributed by atoms with E-state index in [1.165, 1.54) is 17.4 Å². The van der Waals surface area contributed by atoms with Crippen LogP contribution in [0.1, 0.15) is 16.1 Å². The van der Waals surface area contributed by atoms with Crippen molar-refractivity contribution in [3.05, 3.63) is 70.7 Å². The Morgan fingerprint density at radius 1 is 1.15 bits per heavy atom. The Labute approximate surface area is 153 Å². The summed E-state index contributed by atoms with van der Waals surface area (Å²) in [4.78, 5) is 16.5. The number of aromatic nitrogens is 1. The van der Waals surface area contributed by atoms with E-state index in [9.17, 15) is 13.6 Å². The molecule has 4 nitrogen and oxygen atoms in total. The van der Waals surface area contributed by atoms with Gasteiger partial charge in [-0.25, -0.2) is 13.8 Å². The van der Waals surface area contributed by atoms with Gasteiger partial charge in [0.15, 0.2) is 0 Å². The normalized spacial score (nSPS) is 10.6. The van der Waals surface area contributed by atoms with E-state index in [4.69, 9.17) is 4.74 Å². The minimum Gasteiger partial charge on any atom is -0.497 e. The maximum atomic E-state index is 13.6. The van der Waals surface area contributed by atoms with E-state index in [-0.39, 0.29) is 6.54 Å². The Morgan fingerprint density at radius 3 is 2.50 bits per heavy atom. The minimum atomic E-state index is -0.877. The summed E-state index contributed by atoms with van der Waals surface area (Å²) in [6.45, 7) is 0.235. The summed E-state index contributed by atoms with van der Waals surface area (Å²) in [5, 5.41) is 5.28. The molecule has 1 amide bonds. The number of nitrogens with zero attached hydrogens (tertiary/aromatic N) is 1. The van der Waals surface area contributed by atoms with Gasteiger partial charge in [0, 0.05) is 23.9 Å². The zero-order chi connectivity index (χ0) is 18.5. The number of thiazole rings is 1. The van der Waals surface area contributed by atoms with E-state index >= 15 is 0 Å². The van der Waals surface area contributed by atoms with Crippen molar-refractivity contribution < 1.29 is 18.3 Å². The van der Waals surface area contributed by atoms with E-state index in [2.05, 4.69) is 10.3 Å². The molecule has 1 heterocycles. The van der Waals surface area contributed by atoms with Crippen molar-refractivity contribution in [3.63, 3.8) is 0 Å². The van der Waals surface area contributed by atoms with Crippen LogP contribution in [0.4, 0.5) is 8.78 Å². The van der Waals surface area contributed by atoms with Gasteiger partial charge in [-0.1, -0.05) is 6.07 Å². The standard InChI is InChI=1S/C19H16F2N2O2S/c1-25-14-7-5-12(6-8-14)19-23-13(11-26-19)9-10-22-18(24)17-15(20)3-2-4-16(17)21/h2-8,11H,9-10H2,1H3,(H,22,24). The summed E-state index contributed by atoms with van der Waals surface area (Å²) in [6, 6.07) is 10.9. The van der Waals surface area contributed by atoms with E-state index in [0.717, 1.165) is 34.1 Å². The zero-order valence-corrected chi connectivity index (χ0v) is 14.8. The van der Waals surface area contributed by atoms with Crippen molar-refractivity contribution in [2.75, 3.05) is 13.7 Å². The summed E-state index contributed by atoms with van der Waals surface area (Å²) in [5.41, 5.74) is 1.21. The second-order valence-electron chi connectivity index (χ2n) is 5.48. The molecule has 0 saturated heterocycles. The van der Waals surface area contributed by atoms with Gasteiger partial charge in [-0.05, 0) is 36.4 Å². The van der Waals surface area contributed by atoms with Crippen molar-refractivity contribution in [3.8, 4) is 16.3 Å². The fourth-order valence-corrected chi connectivity index (χ4v) is 3.26. The summed E-state index contributed by atoms with van der Waals surface area (Å²) < 4.78 is 32.3. The molecule has 3 rings (SSSR count). The van der Waals surface area contributed by atoms with Crippen LogP contribution in [0.5, 0.6) is 5.75 Å². The van der Waals surface area contributed by atoms with Gasteiger partial charge in [0.2, 0.25) is 0 Å². The molecular weight excluding hydrogens is 358 g/mol. The summed E-state index contributed by atoms with van der Waals surface area (Å²) in [6.07, 6.45) is 0.467. The molecule has 0 fully saturated rings. The molecule has 0 atom stereocenters. The van der Waals surface area contributed by atoms with E-state index < -0.39 is 23.1 Å². The first-order valence-electron chi connectivity index (χ1n) is 7.89. The lowest BCUT2D eigenvalue weighted by Gasteiger charge is -2.06.